The van der Waals surface area contributed by atoms with E-state index in [4.69, 9.17) is 9.47 Å². The van der Waals surface area contributed by atoms with Crippen LogP contribution in [0.2, 0.25) is 0 Å². The molecule has 3 aromatic rings. The first-order chi connectivity index (χ1) is 15.9. The normalized spacial score (nSPS) is 16.5. The molecule has 0 radical (unpaired) electrons. The van der Waals surface area contributed by atoms with E-state index in [2.05, 4.69) is 9.69 Å². The van der Waals surface area contributed by atoms with E-state index in [0.29, 0.717) is 36.1 Å². The Morgan fingerprint density at radius 1 is 1.21 bits per heavy atom. The van der Waals surface area contributed by atoms with Gasteiger partial charge in [-0.2, -0.15) is 4.37 Å². The number of rotatable bonds is 8. The maximum absolute atomic E-state index is 12.8. The summed E-state index contributed by atoms with van der Waals surface area (Å²) in [7, 11) is 1.61. The van der Waals surface area contributed by atoms with Crippen molar-refractivity contribution in [3.8, 4) is 11.5 Å². The van der Waals surface area contributed by atoms with Gasteiger partial charge in [0.05, 0.1) is 12.8 Å². The van der Waals surface area contributed by atoms with Crippen molar-refractivity contribution >= 4 is 28.3 Å². The second-order valence-electron chi connectivity index (χ2n) is 8.13. The third-order valence-electron chi connectivity index (χ3n) is 5.78. The third-order valence-corrected chi connectivity index (χ3v) is 6.57. The number of likely N-dealkylation sites (tertiary alicyclic amines) is 1. The van der Waals surface area contributed by atoms with Crippen molar-refractivity contribution in [3.05, 3.63) is 71.4 Å². The highest BCUT2D eigenvalue weighted by Crippen LogP contribution is 2.36. The van der Waals surface area contributed by atoms with E-state index < -0.39 is 6.04 Å². The van der Waals surface area contributed by atoms with Crippen molar-refractivity contribution in [2.45, 2.75) is 38.8 Å². The van der Waals surface area contributed by atoms with E-state index in [1.54, 1.807) is 18.9 Å². The summed E-state index contributed by atoms with van der Waals surface area (Å²) in [6, 6.07) is 16.9. The van der Waals surface area contributed by atoms with E-state index >= 15 is 0 Å². The quantitative estimate of drug-likeness (QED) is 0.534. The molecule has 2 amide bonds. The molecule has 7 nitrogen and oxygen atoms in total. The Hall–Kier alpha value is -3.39. The van der Waals surface area contributed by atoms with Crippen LogP contribution in [0.5, 0.6) is 11.5 Å². The number of nitrogens with one attached hydrogen (secondary N) is 1. The number of benzene rings is 2. The molecule has 0 spiro atoms. The first kappa shape index (κ1) is 22.8. The smallest absolute Gasteiger partial charge is 0.247 e. The van der Waals surface area contributed by atoms with Gasteiger partial charge in [0.25, 0.3) is 0 Å². The van der Waals surface area contributed by atoms with Gasteiger partial charge in [-0.1, -0.05) is 36.4 Å². The molecule has 33 heavy (non-hydrogen) atoms. The van der Waals surface area contributed by atoms with Gasteiger partial charge in [-0.05, 0) is 54.7 Å². The highest BCUT2D eigenvalue weighted by atomic mass is 32.1. The Kier molecular flexibility index (Phi) is 6.93. The molecule has 0 saturated carbocycles. The van der Waals surface area contributed by atoms with Crippen LogP contribution < -0.4 is 14.8 Å². The molecule has 1 aromatic heterocycles. The average molecular weight is 466 g/mol. The first-order valence-corrected chi connectivity index (χ1v) is 11.6. The van der Waals surface area contributed by atoms with Gasteiger partial charge in [0.15, 0.2) is 11.5 Å². The predicted molar refractivity (Wildman–Crippen MR) is 128 cm³/mol. The van der Waals surface area contributed by atoms with Crippen molar-refractivity contribution in [2.75, 3.05) is 19.0 Å². The highest BCUT2D eigenvalue weighted by Gasteiger charge is 2.36. The Labute approximate surface area is 197 Å². The molecule has 1 fully saturated rings. The van der Waals surface area contributed by atoms with Gasteiger partial charge in [0, 0.05) is 18.9 Å². The molecule has 1 aliphatic rings. The maximum atomic E-state index is 12.8. The van der Waals surface area contributed by atoms with Crippen LogP contribution in [0.4, 0.5) is 5.00 Å². The second-order valence-corrected chi connectivity index (χ2v) is 8.93. The molecular formula is C25H27N3O4S. The zero-order valence-electron chi connectivity index (χ0n) is 18.9. The summed E-state index contributed by atoms with van der Waals surface area (Å²) < 4.78 is 15.7. The van der Waals surface area contributed by atoms with Gasteiger partial charge in [-0.25, -0.2) is 0 Å². The number of nitrogens with zero attached hydrogens (tertiary/aromatic N) is 2. The van der Waals surface area contributed by atoms with Crippen molar-refractivity contribution < 1.29 is 19.1 Å². The van der Waals surface area contributed by atoms with Gasteiger partial charge in [-0.3, -0.25) is 9.59 Å². The molecule has 1 N–H and O–H groups in total. The van der Waals surface area contributed by atoms with E-state index in [1.807, 2.05) is 61.5 Å². The van der Waals surface area contributed by atoms with Gasteiger partial charge in [0.2, 0.25) is 11.8 Å². The number of carbonyl (C=O) groups excluding carboxylic acids is 2. The fourth-order valence-electron chi connectivity index (χ4n) is 3.91. The van der Waals surface area contributed by atoms with Gasteiger partial charge in [-0.15, -0.1) is 0 Å². The Balaban J connectivity index is 1.44. The minimum Gasteiger partial charge on any atom is -0.493 e. The van der Waals surface area contributed by atoms with Crippen molar-refractivity contribution in [1.82, 2.24) is 9.27 Å². The summed E-state index contributed by atoms with van der Waals surface area (Å²) in [6.45, 7) is 4.52. The monoisotopic (exact) mass is 465 g/mol. The van der Waals surface area contributed by atoms with E-state index in [-0.39, 0.29) is 17.7 Å². The summed E-state index contributed by atoms with van der Waals surface area (Å²) in [5, 5.41) is 3.54. The number of aromatic nitrogens is 1. The molecular weight excluding hydrogens is 438 g/mol. The summed E-state index contributed by atoms with van der Waals surface area (Å²) in [5.74, 6) is 1.00. The van der Waals surface area contributed by atoms with Crippen LogP contribution in [0.25, 0.3) is 0 Å². The number of anilines is 1. The largest absolute Gasteiger partial charge is 0.493 e. The molecule has 8 heteroatoms. The second kappa shape index (κ2) is 10.0. The summed E-state index contributed by atoms with van der Waals surface area (Å²) in [6.07, 6.45) is 0.349. The minimum atomic E-state index is -0.572. The molecule has 4 rings (SSSR count). The predicted octanol–water partition coefficient (Wildman–Crippen LogP) is 4.38. The van der Waals surface area contributed by atoms with Crippen molar-refractivity contribution in [2.24, 2.45) is 0 Å². The lowest BCUT2D eigenvalue weighted by Gasteiger charge is -2.24. The van der Waals surface area contributed by atoms with E-state index in [1.165, 1.54) is 11.5 Å². The number of hydrogen-bond donors (Lipinski definition) is 1. The van der Waals surface area contributed by atoms with Crippen LogP contribution in [-0.4, -0.2) is 40.8 Å². The summed E-state index contributed by atoms with van der Waals surface area (Å²) >= 11 is 1.23. The van der Waals surface area contributed by atoms with Crippen molar-refractivity contribution in [3.63, 3.8) is 0 Å². The minimum absolute atomic E-state index is 0.0246. The average Bonchev–Trinajstić information content (AvgIpc) is 3.42. The number of hydrogen-bond acceptors (Lipinski definition) is 6. The Bertz CT molecular complexity index is 1130. The standard InChI is InChI=1S/C25H27N3O4S/c1-16-11-23(33-27-16)26-25(30)17(2)28-14-20(13-24(28)29)19-9-10-21(31-3)22(12-19)32-15-18-7-5-4-6-8-18/h4-12,17,20H,13-15H2,1-3H3,(H,26,30)/t17-,20-/m1/s1. The zero-order valence-corrected chi connectivity index (χ0v) is 19.7. The summed E-state index contributed by atoms with van der Waals surface area (Å²) in [4.78, 5) is 27.1. The molecule has 2 heterocycles. The van der Waals surface area contributed by atoms with E-state index in [0.717, 1.165) is 16.8 Å². The Morgan fingerprint density at radius 2 is 2.00 bits per heavy atom. The van der Waals surface area contributed by atoms with Crippen molar-refractivity contribution in [1.29, 1.82) is 0 Å². The zero-order chi connectivity index (χ0) is 23.4. The number of methoxy groups -OCH3 is 1. The lowest BCUT2D eigenvalue weighted by molar-refractivity contribution is -0.134. The number of ether oxygens (including phenoxy) is 2. The number of aryl methyl sites for hydroxylation is 1. The lowest BCUT2D eigenvalue weighted by Crippen LogP contribution is -2.42. The van der Waals surface area contributed by atoms with Crippen LogP contribution in [0.3, 0.4) is 0 Å². The molecule has 172 valence electrons. The lowest BCUT2D eigenvalue weighted by atomic mass is 9.98. The van der Waals surface area contributed by atoms with Gasteiger partial charge >= 0.3 is 0 Å². The number of amides is 2. The molecule has 1 saturated heterocycles. The molecule has 2 aromatic carbocycles. The van der Waals surface area contributed by atoms with Crippen LogP contribution in [0.1, 0.15) is 36.1 Å². The van der Waals surface area contributed by atoms with Gasteiger partial charge < -0.3 is 19.7 Å². The molecule has 0 aliphatic carbocycles. The van der Waals surface area contributed by atoms with Crippen LogP contribution in [-0.2, 0) is 16.2 Å². The van der Waals surface area contributed by atoms with E-state index in [9.17, 15) is 9.59 Å². The van der Waals surface area contributed by atoms with Crippen LogP contribution >= 0.6 is 11.5 Å². The van der Waals surface area contributed by atoms with Crippen LogP contribution in [0, 0.1) is 6.92 Å². The van der Waals surface area contributed by atoms with Gasteiger partial charge in [0.1, 0.15) is 17.6 Å². The topological polar surface area (TPSA) is 80.8 Å². The third kappa shape index (κ3) is 5.34. The molecule has 0 unspecified atom stereocenters. The fourth-order valence-corrected chi connectivity index (χ4v) is 4.58. The molecule has 2 atom stereocenters. The maximum Gasteiger partial charge on any atom is 0.247 e. The highest BCUT2D eigenvalue weighted by molar-refractivity contribution is 7.10. The molecule has 1 aliphatic heterocycles. The Morgan fingerprint density at radius 3 is 2.70 bits per heavy atom. The first-order valence-electron chi connectivity index (χ1n) is 10.8. The molecule has 0 bridgehead atoms. The summed E-state index contributed by atoms with van der Waals surface area (Å²) in [5.41, 5.74) is 2.90. The number of carbonyl (C=O) groups is 2. The SMILES string of the molecule is COc1ccc([C@@H]2CC(=O)N([C@H](C)C(=O)Nc3cc(C)ns3)C2)cc1OCc1ccccc1. The van der Waals surface area contributed by atoms with Crippen LogP contribution in [0.15, 0.2) is 54.6 Å². The fraction of sp³-hybridized carbons (Fsp3) is 0.320.